The van der Waals surface area contributed by atoms with Crippen LogP contribution in [0.3, 0.4) is 0 Å². The molecule has 0 N–H and O–H groups in total. The summed E-state index contributed by atoms with van der Waals surface area (Å²) in [4.78, 5) is 12.4. The second-order valence-corrected chi connectivity index (χ2v) is 2.09. The zero-order valence-electron chi connectivity index (χ0n) is 6.00. The molecule has 1 rings (SSSR count). The molecule has 1 aliphatic heterocycles. The fraction of sp³-hybridized carbons (Fsp3) is 0.833. The molecule has 1 heterocycles. The number of amides is 1. The second-order valence-electron chi connectivity index (χ2n) is 2.09. The van der Waals surface area contributed by atoms with E-state index in [0.29, 0.717) is 26.3 Å². The molecule has 0 aliphatic carbocycles. The normalized spacial score (nSPS) is 17.7. The van der Waals surface area contributed by atoms with E-state index in [0.717, 1.165) is 0 Å². The van der Waals surface area contributed by atoms with Gasteiger partial charge >= 0.3 is 6.09 Å². The molecule has 0 bridgehead atoms. The van der Waals surface area contributed by atoms with Crippen LogP contribution in [0.5, 0.6) is 0 Å². The van der Waals surface area contributed by atoms with Gasteiger partial charge in [0.15, 0.2) is 0 Å². The Kier molecular flexibility index (Phi) is 2.50. The number of nitrogens with zero attached hydrogens (tertiary/aromatic N) is 1. The molecule has 58 valence electrons. The van der Waals surface area contributed by atoms with Gasteiger partial charge in [-0.15, -0.1) is 0 Å². The van der Waals surface area contributed by atoms with Gasteiger partial charge in [-0.05, 0) is 0 Å². The summed E-state index contributed by atoms with van der Waals surface area (Å²) >= 11 is 0. The molecule has 0 aromatic carbocycles. The van der Waals surface area contributed by atoms with Gasteiger partial charge in [-0.1, -0.05) is 0 Å². The van der Waals surface area contributed by atoms with Gasteiger partial charge in [0.05, 0.1) is 13.2 Å². The molecule has 0 spiro atoms. The summed E-state index contributed by atoms with van der Waals surface area (Å²) in [6.45, 7) is 2.43. The van der Waals surface area contributed by atoms with E-state index in [1.807, 2.05) is 0 Å². The van der Waals surface area contributed by atoms with E-state index in [1.165, 1.54) is 0 Å². The predicted octanol–water partition coefficient (Wildman–Crippen LogP) is 0.0850. The third-order valence-corrected chi connectivity index (χ3v) is 1.41. The first-order valence-electron chi connectivity index (χ1n) is 3.25. The number of ether oxygens (including phenoxy) is 2. The Morgan fingerprint density at radius 2 is 2.60 bits per heavy atom. The minimum absolute atomic E-state index is 0.225. The first kappa shape index (κ1) is 7.34. The van der Waals surface area contributed by atoms with Crippen LogP contribution in [-0.4, -0.2) is 44.4 Å². The zero-order chi connectivity index (χ0) is 7.40. The van der Waals surface area contributed by atoms with Crippen molar-refractivity contribution in [3.05, 3.63) is 0 Å². The number of methoxy groups -OCH3 is 1. The quantitative estimate of drug-likeness (QED) is 0.564. The van der Waals surface area contributed by atoms with Crippen LogP contribution < -0.4 is 0 Å². The maximum atomic E-state index is 10.7. The maximum Gasteiger partial charge on any atom is 0.410 e. The van der Waals surface area contributed by atoms with Crippen molar-refractivity contribution in [1.29, 1.82) is 0 Å². The summed E-state index contributed by atoms with van der Waals surface area (Å²) in [5.41, 5.74) is 0. The van der Waals surface area contributed by atoms with Gasteiger partial charge in [-0.25, -0.2) is 4.79 Å². The molecule has 1 fully saturated rings. The van der Waals surface area contributed by atoms with Crippen molar-refractivity contribution in [2.45, 2.75) is 0 Å². The molecular formula is C6H11NO3. The molecule has 4 nitrogen and oxygen atoms in total. The molecule has 0 unspecified atom stereocenters. The predicted molar refractivity (Wildman–Crippen MR) is 34.8 cm³/mol. The van der Waals surface area contributed by atoms with E-state index in [4.69, 9.17) is 9.47 Å². The molecule has 0 saturated carbocycles. The summed E-state index contributed by atoms with van der Waals surface area (Å²) in [6, 6.07) is 0. The smallest absolute Gasteiger partial charge is 0.410 e. The monoisotopic (exact) mass is 145 g/mol. The lowest BCUT2D eigenvalue weighted by atomic mass is 10.5. The van der Waals surface area contributed by atoms with Crippen LogP contribution in [0.1, 0.15) is 0 Å². The molecule has 10 heavy (non-hydrogen) atoms. The summed E-state index contributed by atoms with van der Waals surface area (Å²) < 4.78 is 9.50. The minimum Gasteiger partial charge on any atom is -0.448 e. The van der Waals surface area contributed by atoms with Crippen LogP contribution in [-0.2, 0) is 9.47 Å². The Balaban J connectivity index is 2.20. The highest BCUT2D eigenvalue weighted by molar-refractivity contribution is 5.69. The van der Waals surface area contributed by atoms with E-state index >= 15 is 0 Å². The largest absolute Gasteiger partial charge is 0.448 e. The Morgan fingerprint density at radius 1 is 1.80 bits per heavy atom. The Hall–Kier alpha value is -0.770. The average Bonchev–Trinajstić information content (AvgIpc) is 2.31. The zero-order valence-corrected chi connectivity index (χ0v) is 6.00. The van der Waals surface area contributed by atoms with Gasteiger partial charge in [-0.2, -0.15) is 0 Å². The van der Waals surface area contributed by atoms with Crippen LogP contribution in [0.2, 0.25) is 0 Å². The third kappa shape index (κ3) is 1.60. The topological polar surface area (TPSA) is 38.8 Å². The van der Waals surface area contributed by atoms with Crippen molar-refractivity contribution >= 4 is 6.09 Å². The lowest BCUT2D eigenvalue weighted by Crippen LogP contribution is -2.27. The highest BCUT2D eigenvalue weighted by Gasteiger charge is 2.20. The van der Waals surface area contributed by atoms with Crippen molar-refractivity contribution in [3.63, 3.8) is 0 Å². The lowest BCUT2D eigenvalue weighted by Gasteiger charge is -2.10. The Bertz CT molecular complexity index is 126. The number of hydrogen-bond acceptors (Lipinski definition) is 3. The summed E-state index contributed by atoms with van der Waals surface area (Å²) in [5.74, 6) is 0. The SMILES string of the molecule is COCCN1CCOC1=O. The fourth-order valence-electron chi connectivity index (χ4n) is 0.830. The van der Waals surface area contributed by atoms with E-state index in [1.54, 1.807) is 12.0 Å². The van der Waals surface area contributed by atoms with Crippen LogP contribution in [0.15, 0.2) is 0 Å². The molecule has 1 saturated heterocycles. The van der Waals surface area contributed by atoms with E-state index in [-0.39, 0.29) is 6.09 Å². The van der Waals surface area contributed by atoms with Gasteiger partial charge in [0.2, 0.25) is 0 Å². The molecule has 0 atom stereocenters. The molecule has 0 aromatic rings. The van der Waals surface area contributed by atoms with E-state index in [9.17, 15) is 4.79 Å². The molecule has 4 heteroatoms. The van der Waals surface area contributed by atoms with E-state index in [2.05, 4.69) is 0 Å². The highest BCUT2D eigenvalue weighted by atomic mass is 16.6. The molecule has 0 radical (unpaired) electrons. The van der Waals surface area contributed by atoms with Gasteiger partial charge in [0, 0.05) is 13.7 Å². The Labute approximate surface area is 59.7 Å². The average molecular weight is 145 g/mol. The number of carbonyl (C=O) groups excluding carboxylic acids is 1. The van der Waals surface area contributed by atoms with Gasteiger partial charge in [-0.3, -0.25) is 0 Å². The van der Waals surface area contributed by atoms with Crippen LogP contribution in [0, 0.1) is 0 Å². The number of cyclic esters (lactones) is 1. The van der Waals surface area contributed by atoms with Crippen LogP contribution in [0.4, 0.5) is 4.79 Å². The number of carbonyl (C=O) groups is 1. The van der Waals surface area contributed by atoms with Crippen LogP contribution >= 0.6 is 0 Å². The fourth-order valence-corrected chi connectivity index (χ4v) is 0.830. The number of rotatable bonds is 3. The first-order chi connectivity index (χ1) is 4.84. The second kappa shape index (κ2) is 3.41. The van der Waals surface area contributed by atoms with Crippen molar-refractivity contribution in [2.75, 3.05) is 33.4 Å². The molecule has 1 amide bonds. The van der Waals surface area contributed by atoms with Crippen molar-refractivity contribution < 1.29 is 14.3 Å². The van der Waals surface area contributed by atoms with Crippen molar-refractivity contribution in [2.24, 2.45) is 0 Å². The molecule has 0 aromatic heterocycles. The van der Waals surface area contributed by atoms with Gasteiger partial charge in [0.25, 0.3) is 0 Å². The van der Waals surface area contributed by atoms with E-state index < -0.39 is 0 Å². The van der Waals surface area contributed by atoms with Crippen LogP contribution in [0.25, 0.3) is 0 Å². The van der Waals surface area contributed by atoms with Crippen molar-refractivity contribution in [1.82, 2.24) is 4.90 Å². The molecular weight excluding hydrogens is 134 g/mol. The third-order valence-electron chi connectivity index (χ3n) is 1.41. The number of hydrogen-bond donors (Lipinski definition) is 0. The highest BCUT2D eigenvalue weighted by Crippen LogP contribution is 2.01. The Morgan fingerprint density at radius 3 is 3.10 bits per heavy atom. The van der Waals surface area contributed by atoms with Gasteiger partial charge < -0.3 is 14.4 Å². The first-order valence-corrected chi connectivity index (χ1v) is 3.25. The standard InChI is InChI=1S/C6H11NO3/c1-9-4-2-7-3-5-10-6(7)8/h2-5H2,1H3. The van der Waals surface area contributed by atoms with Gasteiger partial charge in [0.1, 0.15) is 6.61 Å². The lowest BCUT2D eigenvalue weighted by molar-refractivity contribution is 0.139. The summed E-state index contributed by atoms with van der Waals surface area (Å²) in [5, 5.41) is 0. The summed E-state index contributed by atoms with van der Waals surface area (Å²) in [7, 11) is 1.61. The maximum absolute atomic E-state index is 10.7. The molecule has 1 aliphatic rings. The van der Waals surface area contributed by atoms with Crippen molar-refractivity contribution in [3.8, 4) is 0 Å². The summed E-state index contributed by atoms with van der Waals surface area (Å²) in [6.07, 6.45) is -0.225. The minimum atomic E-state index is -0.225.